The van der Waals surface area contributed by atoms with Crippen LogP contribution in [-0.2, 0) is 17.6 Å². The van der Waals surface area contributed by atoms with Gasteiger partial charge in [0.15, 0.2) is 0 Å². The Bertz CT molecular complexity index is 1080. The summed E-state index contributed by atoms with van der Waals surface area (Å²) in [5.74, 6) is -0.247. The summed E-state index contributed by atoms with van der Waals surface area (Å²) in [7, 11) is 0. The van der Waals surface area contributed by atoms with Crippen molar-refractivity contribution in [2.75, 3.05) is 32.9 Å². The molecule has 1 aromatic carbocycles. The second-order valence-corrected chi connectivity index (χ2v) is 9.78. The van der Waals surface area contributed by atoms with Crippen LogP contribution >= 0.6 is 24.8 Å². The van der Waals surface area contributed by atoms with E-state index in [-0.39, 0.29) is 66.6 Å². The third kappa shape index (κ3) is 6.58. The van der Waals surface area contributed by atoms with Gasteiger partial charge in [-0.15, -0.1) is 24.8 Å². The Morgan fingerprint density at radius 3 is 2.42 bits per heavy atom. The van der Waals surface area contributed by atoms with Gasteiger partial charge in [0.1, 0.15) is 11.4 Å². The summed E-state index contributed by atoms with van der Waals surface area (Å²) in [5, 5.41) is 16.6. The lowest BCUT2D eigenvalue weighted by atomic mass is 10.1. The van der Waals surface area contributed by atoms with Gasteiger partial charge in [0.2, 0.25) is 0 Å². The molecule has 3 atom stereocenters. The summed E-state index contributed by atoms with van der Waals surface area (Å²) in [6, 6.07) is 10.4. The number of aliphatic hydroxyl groups excluding tert-OH is 1. The van der Waals surface area contributed by atoms with Crippen molar-refractivity contribution in [2.24, 2.45) is 0 Å². The number of aromatic nitrogens is 1. The minimum Gasteiger partial charge on any atom is -0.493 e. The second-order valence-electron chi connectivity index (χ2n) is 9.78. The molecular formula is C27H36Cl2N4O5. The van der Waals surface area contributed by atoms with E-state index in [0.717, 1.165) is 25.7 Å². The monoisotopic (exact) mass is 566 g/mol. The molecule has 3 aliphatic rings. The van der Waals surface area contributed by atoms with Crippen LogP contribution < -0.4 is 15.4 Å². The maximum Gasteiger partial charge on any atom is 0.273 e. The van der Waals surface area contributed by atoms with E-state index < -0.39 is 12.0 Å². The van der Waals surface area contributed by atoms with E-state index in [1.54, 1.807) is 6.07 Å². The van der Waals surface area contributed by atoms with E-state index in [1.165, 1.54) is 17.3 Å². The van der Waals surface area contributed by atoms with Crippen molar-refractivity contribution in [3.63, 3.8) is 0 Å². The van der Waals surface area contributed by atoms with E-state index in [2.05, 4.69) is 27.8 Å². The SMILES string of the molecule is CCOc1cc(C(=O)N2C3CCC2COC3)ncc1C(=O)NC[C@@H](O)CNC1Cc2ccccc2C1.Cl.Cl. The van der Waals surface area contributed by atoms with E-state index in [1.807, 2.05) is 24.0 Å². The molecule has 1 aliphatic carbocycles. The predicted molar refractivity (Wildman–Crippen MR) is 148 cm³/mol. The highest BCUT2D eigenvalue weighted by atomic mass is 35.5. The van der Waals surface area contributed by atoms with Crippen LogP contribution in [0, 0.1) is 0 Å². The highest BCUT2D eigenvalue weighted by Gasteiger charge is 2.41. The van der Waals surface area contributed by atoms with Crippen molar-refractivity contribution < 1.29 is 24.2 Å². The fraction of sp³-hybridized carbons (Fsp3) is 0.519. The molecule has 208 valence electrons. The maximum absolute atomic E-state index is 13.2. The number of nitrogens with zero attached hydrogens (tertiary/aromatic N) is 2. The first-order valence-corrected chi connectivity index (χ1v) is 12.8. The van der Waals surface area contributed by atoms with Crippen molar-refractivity contribution >= 4 is 36.6 Å². The molecule has 38 heavy (non-hydrogen) atoms. The van der Waals surface area contributed by atoms with Crippen LogP contribution in [-0.4, -0.2) is 83.9 Å². The third-order valence-electron chi connectivity index (χ3n) is 7.30. The number of carbonyl (C=O) groups is 2. The lowest BCUT2D eigenvalue weighted by molar-refractivity contribution is -0.00748. The van der Waals surface area contributed by atoms with Crippen molar-refractivity contribution in [1.82, 2.24) is 20.5 Å². The van der Waals surface area contributed by atoms with Gasteiger partial charge in [-0.3, -0.25) is 9.59 Å². The van der Waals surface area contributed by atoms with Crippen LogP contribution in [0.4, 0.5) is 0 Å². The number of nitrogens with one attached hydrogen (secondary N) is 2. The molecule has 3 N–H and O–H groups in total. The molecule has 2 aliphatic heterocycles. The summed E-state index contributed by atoms with van der Waals surface area (Å²) in [6.45, 7) is 3.73. The second kappa shape index (κ2) is 13.6. The topological polar surface area (TPSA) is 113 Å². The van der Waals surface area contributed by atoms with Gasteiger partial charge in [-0.05, 0) is 43.7 Å². The summed E-state index contributed by atoms with van der Waals surface area (Å²) in [4.78, 5) is 32.2. The number of hydrogen-bond acceptors (Lipinski definition) is 7. The molecule has 2 unspecified atom stereocenters. The zero-order chi connectivity index (χ0) is 25.1. The normalized spacial score (nSPS) is 20.6. The summed E-state index contributed by atoms with van der Waals surface area (Å²) in [6.07, 6.45) is 4.39. The van der Waals surface area contributed by atoms with Crippen molar-refractivity contribution in [3.05, 3.63) is 58.9 Å². The molecule has 0 saturated carbocycles. The zero-order valence-electron chi connectivity index (χ0n) is 21.4. The van der Waals surface area contributed by atoms with Crippen LogP contribution in [0.2, 0.25) is 0 Å². The van der Waals surface area contributed by atoms with Crippen LogP contribution in [0.15, 0.2) is 36.5 Å². The van der Waals surface area contributed by atoms with Gasteiger partial charge in [0.25, 0.3) is 11.8 Å². The molecule has 2 bridgehead atoms. The number of fused-ring (bicyclic) bond motifs is 3. The van der Waals surface area contributed by atoms with E-state index in [0.29, 0.717) is 32.1 Å². The summed E-state index contributed by atoms with van der Waals surface area (Å²) >= 11 is 0. The Morgan fingerprint density at radius 2 is 1.79 bits per heavy atom. The molecular weight excluding hydrogens is 531 g/mol. The van der Waals surface area contributed by atoms with E-state index in [9.17, 15) is 14.7 Å². The lowest BCUT2D eigenvalue weighted by Crippen LogP contribution is -2.49. The molecule has 2 fully saturated rings. The van der Waals surface area contributed by atoms with Crippen LogP contribution in [0.1, 0.15) is 51.7 Å². The summed E-state index contributed by atoms with van der Waals surface area (Å²) < 4.78 is 11.3. The molecule has 0 radical (unpaired) electrons. The number of rotatable bonds is 9. The molecule has 11 heteroatoms. The number of hydrogen-bond donors (Lipinski definition) is 3. The molecule has 0 spiro atoms. The van der Waals surface area contributed by atoms with E-state index in [4.69, 9.17) is 9.47 Å². The highest BCUT2D eigenvalue weighted by Crippen LogP contribution is 2.31. The first kappa shape index (κ1) is 30.1. The Balaban J connectivity index is 0.00000200. The fourth-order valence-corrected chi connectivity index (χ4v) is 5.48. The minimum atomic E-state index is -0.737. The van der Waals surface area contributed by atoms with Crippen molar-refractivity contribution in [1.29, 1.82) is 0 Å². The number of pyridine rings is 1. The van der Waals surface area contributed by atoms with Gasteiger partial charge in [0.05, 0.1) is 43.6 Å². The number of halogens is 2. The quantitative estimate of drug-likeness (QED) is 0.426. The molecule has 9 nitrogen and oxygen atoms in total. The van der Waals surface area contributed by atoms with Crippen LogP contribution in [0.5, 0.6) is 5.75 Å². The Hall–Kier alpha value is -2.43. The minimum absolute atomic E-state index is 0. The first-order chi connectivity index (χ1) is 17.5. The van der Waals surface area contributed by atoms with Crippen molar-refractivity contribution in [2.45, 2.75) is 56.8 Å². The largest absolute Gasteiger partial charge is 0.493 e. The van der Waals surface area contributed by atoms with Gasteiger partial charge in [-0.2, -0.15) is 0 Å². The Kier molecular flexibility index (Phi) is 10.8. The van der Waals surface area contributed by atoms with Gasteiger partial charge in [0, 0.05) is 31.4 Å². The average Bonchev–Trinajstić information content (AvgIpc) is 3.42. The fourth-order valence-electron chi connectivity index (χ4n) is 5.48. The van der Waals surface area contributed by atoms with E-state index >= 15 is 0 Å². The number of ether oxygens (including phenoxy) is 2. The molecule has 1 aromatic heterocycles. The first-order valence-electron chi connectivity index (χ1n) is 12.8. The van der Waals surface area contributed by atoms with Crippen molar-refractivity contribution in [3.8, 4) is 5.75 Å². The molecule has 2 aromatic rings. The average molecular weight is 568 g/mol. The van der Waals surface area contributed by atoms with Crippen LogP contribution in [0.3, 0.4) is 0 Å². The highest BCUT2D eigenvalue weighted by molar-refractivity contribution is 5.99. The smallest absolute Gasteiger partial charge is 0.273 e. The lowest BCUT2D eigenvalue weighted by Gasteiger charge is -2.34. The molecule has 5 rings (SSSR count). The standard InChI is InChI=1S/C27H34N4O5.2ClH/c1-2-36-25-11-24(27(34)31-20-7-8-21(31)16-35-15-20)29-14-23(25)26(33)30-13-22(32)12-28-19-9-17-5-3-4-6-18(17)10-19;;/h3-6,11,14,19-22,28,32H,2,7-10,12-13,15-16H2,1H3,(H,30,33);2*1H/t20?,21?,22-;;/m0../s1. The van der Waals surface area contributed by atoms with Gasteiger partial charge in [-0.1, -0.05) is 24.3 Å². The number of benzene rings is 1. The van der Waals surface area contributed by atoms with Gasteiger partial charge >= 0.3 is 0 Å². The third-order valence-corrected chi connectivity index (χ3v) is 7.30. The molecule has 2 saturated heterocycles. The zero-order valence-corrected chi connectivity index (χ0v) is 23.1. The molecule has 3 heterocycles. The Labute approximate surface area is 235 Å². The Morgan fingerprint density at radius 1 is 1.13 bits per heavy atom. The summed E-state index contributed by atoms with van der Waals surface area (Å²) in [5.41, 5.74) is 3.19. The number of morpholine rings is 1. The number of carbonyl (C=O) groups excluding carboxylic acids is 2. The van der Waals surface area contributed by atoms with Gasteiger partial charge < -0.3 is 30.1 Å². The predicted octanol–water partition coefficient (Wildman–Crippen LogP) is 2.18. The maximum atomic E-state index is 13.2. The van der Waals surface area contributed by atoms with Crippen LogP contribution in [0.25, 0.3) is 0 Å². The number of amides is 2. The number of aliphatic hydroxyl groups is 1. The molecule has 2 amide bonds. The van der Waals surface area contributed by atoms with Gasteiger partial charge in [-0.25, -0.2) is 4.98 Å².